The lowest BCUT2D eigenvalue weighted by atomic mass is 9.35. The maximum Gasteiger partial charge on any atom is 0.220 e. The first kappa shape index (κ1) is 21.2. The van der Waals surface area contributed by atoms with Crippen LogP contribution < -0.4 is 5.73 Å². The molecule has 3 saturated carbocycles. The zero-order valence-corrected chi connectivity index (χ0v) is 20.2. The lowest BCUT2D eigenvalue weighted by Crippen LogP contribution is -2.63. The van der Waals surface area contributed by atoms with Gasteiger partial charge < -0.3 is 10.8 Å². The molecule has 5 aliphatic rings. The Kier molecular flexibility index (Phi) is 4.14. The van der Waals surface area contributed by atoms with Crippen LogP contribution in [-0.4, -0.2) is 16.4 Å². The molecule has 0 aromatic carbocycles. The van der Waals surface area contributed by atoms with E-state index in [1.165, 1.54) is 24.8 Å². The highest BCUT2D eigenvalue weighted by atomic mass is 16.3. The van der Waals surface area contributed by atoms with Gasteiger partial charge in [0.15, 0.2) is 5.76 Å². The van der Waals surface area contributed by atoms with Crippen molar-refractivity contribution in [1.82, 2.24) is 0 Å². The first-order valence-electron chi connectivity index (χ1n) is 12.2. The fraction of sp³-hybridized carbons (Fsp3) is 0.679. The smallest absolute Gasteiger partial charge is 0.220 e. The zero-order chi connectivity index (χ0) is 22.6. The van der Waals surface area contributed by atoms with Gasteiger partial charge in [0.05, 0.1) is 0 Å². The predicted molar refractivity (Wildman–Crippen MR) is 125 cm³/mol. The van der Waals surface area contributed by atoms with Crippen molar-refractivity contribution in [2.75, 3.05) is 0 Å². The Balaban J connectivity index is 1.66. The number of hydrogen-bond donors (Lipinski definition) is 2. The summed E-state index contributed by atoms with van der Waals surface area (Å²) in [5.74, 6) is 0.277. The highest BCUT2D eigenvalue weighted by molar-refractivity contribution is 6.06. The van der Waals surface area contributed by atoms with Crippen molar-refractivity contribution in [2.45, 2.75) is 92.0 Å². The van der Waals surface area contributed by atoms with Gasteiger partial charge in [0.1, 0.15) is 0 Å². The SMILES string of the molecule is CC1=C(O)C(=O)C=C2C1=CC=C1[C@@]2(C)CC[C@@]2(C)[C@@H]3C[C@](C)(N)CC[C@]3(C)CC[C@]12C. The topological polar surface area (TPSA) is 63.3 Å². The van der Waals surface area contributed by atoms with Crippen LogP contribution in [0, 0.1) is 27.6 Å². The van der Waals surface area contributed by atoms with Gasteiger partial charge in [-0.15, -0.1) is 0 Å². The molecule has 0 aliphatic heterocycles. The van der Waals surface area contributed by atoms with E-state index in [9.17, 15) is 9.90 Å². The molecular formula is C28H39NO2. The van der Waals surface area contributed by atoms with E-state index >= 15 is 0 Å². The largest absolute Gasteiger partial charge is 0.504 e. The predicted octanol–water partition coefficient (Wildman–Crippen LogP) is 6.32. The number of carbonyl (C=O) groups is 1. The fourth-order valence-corrected chi connectivity index (χ4v) is 8.48. The van der Waals surface area contributed by atoms with Gasteiger partial charge in [-0.05, 0) is 98.2 Å². The molecule has 3 fully saturated rings. The van der Waals surface area contributed by atoms with Crippen LogP contribution in [0.15, 0.2) is 46.3 Å². The number of carbonyl (C=O) groups excluding carboxylic acids is 1. The van der Waals surface area contributed by atoms with Crippen molar-refractivity contribution in [3.8, 4) is 0 Å². The van der Waals surface area contributed by atoms with Crippen LogP contribution in [0.25, 0.3) is 0 Å². The van der Waals surface area contributed by atoms with Crippen LogP contribution in [0.1, 0.15) is 86.5 Å². The Hall–Kier alpha value is -1.61. The number of rotatable bonds is 0. The number of aliphatic hydroxyl groups excluding tert-OH is 1. The molecule has 6 atom stereocenters. The van der Waals surface area contributed by atoms with Crippen molar-refractivity contribution < 1.29 is 9.90 Å². The molecule has 0 spiro atoms. The number of ketones is 1. The van der Waals surface area contributed by atoms with E-state index in [-0.39, 0.29) is 33.3 Å². The highest BCUT2D eigenvalue weighted by Gasteiger charge is 2.66. The van der Waals surface area contributed by atoms with Crippen molar-refractivity contribution in [3.05, 3.63) is 46.3 Å². The summed E-state index contributed by atoms with van der Waals surface area (Å²) in [6.07, 6.45) is 14.4. The van der Waals surface area contributed by atoms with E-state index in [4.69, 9.17) is 5.73 Å². The van der Waals surface area contributed by atoms with Crippen molar-refractivity contribution in [3.63, 3.8) is 0 Å². The van der Waals surface area contributed by atoms with Gasteiger partial charge >= 0.3 is 0 Å². The summed E-state index contributed by atoms with van der Waals surface area (Å²) in [6.45, 7) is 14.0. The molecule has 0 aromatic rings. The lowest BCUT2D eigenvalue weighted by Gasteiger charge is -2.70. The first-order chi connectivity index (χ1) is 14.3. The van der Waals surface area contributed by atoms with Gasteiger partial charge in [-0.3, -0.25) is 4.79 Å². The summed E-state index contributed by atoms with van der Waals surface area (Å²) in [5, 5.41) is 10.3. The monoisotopic (exact) mass is 421 g/mol. The third-order valence-electron chi connectivity index (χ3n) is 10.9. The second kappa shape index (κ2) is 6.04. The van der Waals surface area contributed by atoms with E-state index < -0.39 is 0 Å². The average molecular weight is 422 g/mol. The van der Waals surface area contributed by atoms with Crippen LogP contribution in [0.3, 0.4) is 0 Å². The van der Waals surface area contributed by atoms with E-state index in [1.54, 1.807) is 6.08 Å². The third-order valence-corrected chi connectivity index (χ3v) is 10.9. The molecule has 0 heterocycles. The van der Waals surface area contributed by atoms with E-state index in [0.717, 1.165) is 42.4 Å². The lowest BCUT2D eigenvalue weighted by molar-refractivity contribution is -0.150. The van der Waals surface area contributed by atoms with Gasteiger partial charge in [-0.1, -0.05) is 45.4 Å². The van der Waals surface area contributed by atoms with Gasteiger partial charge in [0.25, 0.3) is 0 Å². The second-order valence-corrected chi connectivity index (χ2v) is 12.7. The molecule has 31 heavy (non-hydrogen) atoms. The normalized spacial score (nSPS) is 49.2. The number of aliphatic hydroxyl groups is 1. The third kappa shape index (κ3) is 2.53. The number of hydrogen-bond acceptors (Lipinski definition) is 3. The van der Waals surface area contributed by atoms with E-state index in [0.29, 0.717) is 11.3 Å². The van der Waals surface area contributed by atoms with Crippen molar-refractivity contribution >= 4 is 5.78 Å². The molecule has 3 N–H and O–H groups in total. The minimum Gasteiger partial charge on any atom is -0.504 e. The molecule has 5 aliphatic carbocycles. The Morgan fingerprint density at radius 1 is 0.968 bits per heavy atom. The minimum atomic E-state index is -0.243. The van der Waals surface area contributed by atoms with E-state index in [1.807, 2.05) is 6.92 Å². The molecule has 0 saturated heterocycles. The first-order valence-corrected chi connectivity index (χ1v) is 12.2. The molecule has 0 aromatic heterocycles. The average Bonchev–Trinajstić information content (AvgIpc) is 2.70. The Morgan fingerprint density at radius 2 is 1.65 bits per heavy atom. The van der Waals surface area contributed by atoms with Crippen LogP contribution in [0.4, 0.5) is 0 Å². The molecule has 168 valence electrons. The molecule has 0 radical (unpaired) electrons. The number of allylic oxidation sites excluding steroid dienone is 7. The van der Waals surface area contributed by atoms with Gasteiger partial charge in [-0.25, -0.2) is 0 Å². The van der Waals surface area contributed by atoms with Gasteiger partial charge in [0, 0.05) is 16.5 Å². The molecule has 3 nitrogen and oxygen atoms in total. The van der Waals surface area contributed by atoms with Gasteiger partial charge in [0.2, 0.25) is 5.78 Å². The molecular weight excluding hydrogens is 382 g/mol. The summed E-state index contributed by atoms with van der Waals surface area (Å²) >= 11 is 0. The maximum absolute atomic E-state index is 12.6. The second-order valence-electron chi connectivity index (χ2n) is 12.7. The van der Waals surface area contributed by atoms with Crippen LogP contribution >= 0.6 is 0 Å². The molecule has 0 amide bonds. The molecule has 3 heteroatoms. The number of fused-ring (bicyclic) bond motifs is 7. The Morgan fingerprint density at radius 3 is 2.35 bits per heavy atom. The minimum absolute atomic E-state index is 0.0715. The van der Waals surface area contributed by atoms with E-state index in [2.05, 4.69) is 46.8 Å². The summed E-state index contributed by atoms with van der Waals surface area (Å²) in [5.41, 5.74) is 11.6. The summed E-state index contributed by atoms with van der Waals surface area (Å²) in [6, 6.07) is 0. The van der Waals surface area contributed by atoms with Crippen LogP contribution in [0.5, 0.6) is 0 Å². The Bertz CT molecular complexity index is 1010. The van der Waals surface area contributed by atoms with Crippen LogP contribution in [0.2, 0.25) is 0 Å². The van der Waals surface area contributed by atoms with Crippen molar-refractivity contribution in [1.29, 1.82) is 0 Å². The molecule has 5 rings (SSSR count). The fourth-order valence-electron chi connectivity index (χ4n) is 8.48. The molecule has 0 unspecified atom stereocenters. The summed E-state index contributed by atoms with van der Waals surface area (Å²) in [7, 11) is 0. The van der Waals surface area contributed by atoms with Gasteiger partial charge in [-0.2, -0.15) is 0 Å². The number of nitrogens with two attached hydrogens (primary N) is 1. The summed E-state index contributed by atoms with van der Waals surface area (Å²) in [4.78, 5) is 12.6. The maximum atomic E-state index is 12.6. The molecule has 0 bridgehead atoms. The standard InChI is InChI=1S/C28H39NO2/c1-17-18-7-8-21-26(4,19(18)15-20(30)23(17)31)12-14-28(6)22-16-25(3,29)11-9-24(22,2)10-13-27(21,28)5/h7-8,15,22,31H,9-14,16,29H2,1-6H3/t22-,24-,25-,26+,27-,28+/m1/s1. The van der Waals surface area contributed by atoms with Crippen LogP contribution in [-0.2, 0) is 4.79 Å². The quantitative estimate of drug-likeness (QED) is 0.481. The zero-order valence-electron chi connectivity index (χ0n) is 20.2. The summed E-state index contributed by atoms with van der Waals surface area (Å²) < 4.78 is 0. The highest BCUT2D eigenvalue weighted by Crippen LogP contribution is 2.74. The van der Waals surface area contributed by atoms with Crippen molar-refractivity contribution in [2.24, 2.45) is 33.3 Å². The Labute approximate surface area is 187 Å².